The molecular formula is C6H14N2OS. The van der Waals surface area contributed by atoms with E-state index >= 15 is 0 Å². The van der Waals surface area contributed by atoms with E-state index in [1.54, 1.807) is 0 Å². The molecule has 1 fully saturated rings. The number of carbonyl (C=O) groups excluding carboxylic acids is 1. The summed E-state index contributed by atoms with van der Waals surface area (Å²) in [6, 6.07) is 0. The Morgan fingerprint density at radius 2 is 1.70 bits per heavy atom. The van der Waals surface area contributed by atoms with Gasteiger partial charge in [-0.3, -0.25) is 0 Å². The van der Waals surface area contributed by atoms with Crippen LogP contribution >= 0.6 is 0 Å². The fourth-order valence-electron chi connectivity index (χ4n) is 0.898. The Hall–Kier alpha value is -0.350. The van der Waals surface area contributed by atoms with E-state index in [-0.39, 0.29) is 0 Å². The maximum absolute atomic E-state index is 9.04. The number of hydrogen-bond acceptors (Lipinski definition) is 2. The Morgan fingerprint density at radius 3 is 1.80 bits per heavy atom. The second kappa shape index (κ2) is 6.77. The number of amides is 1. The minimum absolute atomic E-state index is 0.750. The van der Waals surface area contributed by atoms with Gasteiger partial charge in [-0.2, -0.15) is 0 Å². The van der Waals surface area contributed by atoms with E-state index in [1.807, 2.05) is 0 Å². The highest BCUT2D eigenvalue weighted by Gasteiger charge is 1.97. The fourth-order valence-corrected chi connectivity index (χ4v) is 0.898. The SMILES string of the molecule is C1CC[NH2+]CC1.NC(=O)[S-]. The van der Waals surface area contributed by atoms with Crippen LogP contribution in [0.4, 0.5) is 4.79 Å². The first-order chi connectivity index (χ1) is 4.73. The molecule has 0 spiro atoms. The van der Waals surface area contributed by atoms with Crippen molar-refractivity contribution in [3.05, 3.63) is 0 Å². The summed E-state index contributed by atoms with van der Waals surface area (Å²) in [4.78, 5) is 9.04. The Bertz CT molecular complexity index is 78.2. The van der Waals surface area contributed by atoms with Gasteiger partial charge >= 0.3 is 0 Å². The molecule has 0 aromatic heterocycles. The van der Waals surface area contributed by atoms with Gasteiger partial charge < -0.3 is 28.5 Å². The van der Waals surface area contributed by atoms with Crippen LogP contribution in [0, 0.1) is 0 Å². The maximum Gasteiger partial charge on any atom is 0.0954 e. The highest BCUT2D eigenvalue weighted by Crippen LogP contribution is 1.91. The van der Waals surface area contributed by atoms with E-state index in [2.05, 4.69) is 23.7 Å². The molecule has 3 nitrogen and oxygen atoms in total. The van der Waals surface area contributed by atoms with Crippen LogP contribution < -0.4 is 11.1 Å². The van der Waals surface area contributed by atoms with Crippen molar-refractivity contribution in [1.29, 1.82) is 0 Å². The Labute approximate surface area is 66.8 Å². The molecule has 1 aliphatic heterocycles. The third-order valence-corrected chi connectivity index (χ3v) is 1.32. The van der Waals surface area contributed by atoms with Gasteiger partial charge in [0.05, 0.1) is 18.3 Å². The van der Waals surface area contributed by atoms with Gasteiger partial charge in [-0.15, -0.1) is 0 Å². The highest BCUT2D eigenvalue weighted by molar-refractivity contribution is 7.76. The highest BCUT2D eigenvalue weighted by atomic mass is 32.1. The molecule has 1 saturated heterocycles. The zero-order valence-electron chi connectivity index (χ0n) is 6.01. The molecule has 1 amide bonds. The maximum atomic E-state index is 9.04. The molecule has 0 bridgehead atoms. The van der Waals surface area contributed by atoms with Gasteiger partial charge in [0.1, 0.15) is 0 Å². The van der Waals surface area contributed by atoms with Gasteiger partial charge in [-0.1, -0.05) is 0 Å². The van der Waals surface area contributed by atoms with Crippen molar-refractivity contribution >= 4 is 17.9 Å². The summed E-state index contributed by atoms with van der Waals surface area (Å²) in [5.41, 5.74) is 4.29. The average molecular weight is 162 g/mol. The monoisotopic (exact) mass is 162 g/mol. The summed E-state index contributed by atoms with van der Waals surface area (Å²) < 4.78 is 0. The van der Waals surface area contributed by atoms with Crippen molar-refractivity contribution < 1.29 is 10.1 Å². The zero-order valence-corrected chi connectivity index (χ0v) is 6.82. The topological polar surface area (TPSA) is 59.7 Å². The molecule has 0 saturated carbocycles. The number of quaternary nitrogens is 1. The van der Waals surface area contributed by atoms with Gasteiger partial charge in [0.2, 0.25) is 0 Å². The quantitative estimate of drug-likeness (QED) is 0.465. The largest absolute Gasteiger partial charge is 0.719 e. The summed E-state index contributed by atoms with van der Waals surface area (Å²) in [5.74, 6) is 0. The molecule has 4 N–H and O–H groups in total. The minimum Gasteiger partial charge on any atom is -0.719 e. The van der Waals surface area contributed by atoms with Crippen LogP contribution in [0.2, 0.25) is 0 Å². The lowest BCUT2D eigenvalue weighted by molar-refractivity contribution is -0.662. The lowest BCUT2D eigenvalue weighted by Gasteiger charge is -2.05. The lowest BCUT2D eigenvalue weighted by atomic mass is 10.2. The van der Waals surface area contributed by atoms with Gasteiger partial charge in [-0.25, -0.2) is 0 Å². The third-order valence-electron chi connectivity index (χ3n) is 1.32. The Kier molecular flexibility index (Phi) is 6.53. The number of carbonyl (C=O) groups is 1. The molecule has 0 radical (unpaired) electrons. The molecule has 1 heterocycles. The molecule has 1 rings (SSSR count). The van der Waals surface area contributed by atoms with Crippen molar-refractivity contribution in [2.45, 2.75) is 19.3 Å². The number of primary amides is 1. The fraction of sp³-hybridized carbons (Fsp3) is 0.833. The zero-order chi connectivity index (χ0) is 7.82. The summed E-state index contributed by atoms with van der Waals surface area (Å²) in [6.07, 6.45) is 4.36. The predicted octanol–water partition coefficient (Wildman–Crippen LogP) is -0.654. The standard InChI is InChI=1S/C5H11N.CH3NOS/c1-2-4-6-5-3-1;2-1(3)4/h6H,1-5H2;(H3,2,3,4). The number of nitrogens with two attached hydrogens (primary N) is 2. The second-order valence-electron chi connectivity index (χ2n) is 2.25. The lowest BCUT2D eigenvalue weighted by Crippen LogP contribution is -2.85. The van der Waals surface area contributed by atoms with Crippen LogP contribution in [0.1, 0.15) is 19.3 Å². The van der Waals surface area contributed by atoms with E-state index in [0.29, 0.717) is 0 Å². The number of rotatable bonds is 0. The first-order valence-electron chi connectivity index (χ1n) is 3.51. The number of hydrogen-bond donors (Lipinski definition) is 2. The Morgan fingerprint density at radius 1 is 1.30 bits per heavy atom. The van der Waals surface area contributed by atoms with Gasteiger partial charge in [-0.05, 0) is 19.3 Å². The van der Waals surface area contributed by atoms with Crippen molar-refractivity contribution in [3.8, 4) is 0 Å². The second-order valence-corrected chi connectivity index (χ2v) is 2.65. The summed E-state index contributed by atoms with van der Waals surface area (Å²) in [7, 11) is 0. The van der Waals surface area contributed by atoms with Crippen LogP contribution in [0.5, 0.6) is 0 Å². The molecule has 0 aromatic rings. The first kappa shape index (κ1) is 9.65. The summed E-state index contributed by atoms with van der Waals surface area (Å²) >= 11 is 3.76. The minimum atomic E-state index is -0.750. The molecule has 0 unspecified atom stereocenters. The molecule has 0 aliphatic carbocycles. The van der Waals surface area contributed by atoms with E-state index < -0.39 is 5.24 Å². The Balaban J connectivity index is 0.000000180. The third kappa shape index (κ3) is 10.6. The first-order valence-corrected chi connectivity index (χ1v) is 3.92. The average Bonchev–Trinajstić information content (AvgIpc) is 1.90. The van der Waals surface area contributed by atoms with Crippen molar-refractivity contribution in [2.24, 2.45) is 5.73 Å². The molecular weight excluding hydrogens is 148 g/mol. The smallest absolute Gasteiger partial charge is 0.0954 e. The molecule has 0 aromatic carbocycles. The molecule has 60 valence electrons. The normalized spacial score (nSPS) is 16.8. The predicted molar refractivity (Wildman–Crippen MR) is 42.5 cm³/mol. The van der Waals surface area contributed by atoms with Crippen LogP contribution in [-0.2, 0) is 12.6 Å². The summed E-state index contributed by atoms with van der Waals surface area (Å²) in [6.45, 7) is 2.75. The van der Waals surface area contributed by atoms with E-state index in [4.69, 9.17) is 4.79 Å². The molecule has 1 aliphatic rings. The van der Waals surface area contributed by atoms with Gasteiger partial charge in [0.15, 0.2) is 0 Å². The molecule has 4 heteroatoms. The van der Waals surface area contributed by atoms with E-state index in [1.165, 1.54) is 32.4 Å². The summed E-state index contributed by atoms with van der Waals surface area (Å²) in [5, 5.41) is 1.64. The number of piperidine rings is 1. The van der Waals surface area contributed by atoms with Crippen molar-refractivity contribution in [2.75, 3.05) is 13.1 Å². The van der Waals surface area contributed by atoms with Crippen LogP contribution in [0.25, 0.3) is 0 Å². The van der Waals surface area contributed by atoms with E-state index in [9.17, 15) is 0 Å². The van der Waals surface area contributed by atoms with Crippen molar-refractivity contribution in [1.82, 2.24) is 0 Å². The molecule has 10 heavy (non-hydrogen) atoms. The van der Waals surface area contributed by atoms with Gasteiger partial charge in [0.25, 0.3) is 0 Å². The van der Waals surface area contributed by atoms with Gasteiger partial charge in [0, 0.05) is 0 Å². The van der Waals surface area contributed by atoms with Crippen LogP contribution in [-0.4, -0.2) is 18.3 Å². The van der Waals surface area contributed by atoms with Crippen LogP contribution in [0.15, 0.2) is 0 Å². The molecule has 0 atom stereocenters. The van der Waals surface area contributed by atoms with Crippen LogP contribution in [0.3, 0.4) is 0 Å². The van der Waals surface area contributed by atoms with Crippen molar-refractivity contribution in [3.63, 3.8) is 0 Å². The van der Waals surface area contributed by atoms with E-state index in [0.717, 1.165) is 0 Å².